The third-order valence-corrected chi connectivity index (χ3v) is 0.433. The lowest BCUT2D eigenvalue weighted by Crippen LogP contribution is -1.75. The zero-order valence-electron chi connectivity index (χ0n) is 2.62. The largest absolute Gasteiger partial charge is 0.298 e. The Morgan fingerprint density at radius 2 is 2.25 bits per heavy atom. The molecule has 0 bridgehead atoms. The van der Waals surface area contributed by atoms with E-state index in [0.29, 0.717) is 0 Å². The molecule has 0 N–H and O–H groups in total. The van der Waals surface area contributed by atoms with Gasteiger partial charge in [-0.2, -0.15) is 0 Å². The number of carbonyl (C=O) groups excluding carboxylic acids is 1. The summed E-state index contributed by atoms with van der Waals surface area (Å²) in [4.78, 5) is 9.11. The van der Waals surface area contributed by atoms with Crippen molar-refractivity contribution >= 4 is 15.4 Å². The van der Waals surface area contributed by atoms with E-state index in [1.165, 1.54) is 0 Å². The first kappa shape index (κ1) is 3.89. The molecular weight excluding hydrogens is 68.1 g/mol. The Bertz CT molecular complexity index is 20.0. The van der Waals surface area contributed by atoms with Gasteiger partial charge in [-0.05, 0) is 0 Å². The van der Waals surface area contributed by atoms with Crippen LogP contribution >= 0.6 is 0 Å². The van der Waals surface area contributed by atoms with Crippen molar-refractivity contribution in [3.05, 3.63) is 0 Å². The molecule has 0 rings (SSSR count). The van der Waals surface area contributed by atoms with Gasteiger partial charge in [-0.1, -0.05) is 6.55 Å². The Morgan fingerprint density at radius 3 is 2.25 bits per heavy atom. The zero-order chi connectivity index (χ0) is 3.41. The Kier molecular flexibility index (Phi) is 2.81. The molecule has 1 radical (unpaired) electrons. The highest BCUT2D eigenvalue weighted by Crippen LogP contribution is 1.32. The van der Waals surface area contributed by atoms with Crippen molar-refractivity contribution in [2.24, 2.45) is 0 Å². The van der Waals surface area contributed by atoms with Crippen LogP contribution in [0.4, 0.5) is 0 Å². The fourth-order valence-corrected chi connectivity index (χ4v) is 0. The highest BCUT2D eigenvalue weighted by Gasteiger charge is 1.58. The molecule has 0 heterocycles. The second-order valence-corrected chi connectivity index (χ2v) is 1.49. The summed E-state index contributed by atoms with van der Waals surface area (Å²) in [5.41, 5.74) is 0. The van der Waals surface area contributed by atoms with E-state index in [0.717, 1.165) is 0 Å². The van der Waals surface area contributed by atoms with Crippen LogP contribution in [0.1, 0.15) is 0 Å². The van der Waals surface area contributed by atoms with Gasteiger partial charge >= 0.3 is 0 Å². The molecule has 0 amide bonds. The summed E-state index contributed by atoms with van der Waals surface area (Å²) in [6, 6.07) is 0. The smallest absolute Gasteiger partial charge is 0.161 e. The Morgan fingerprint density at radius 1 is 2.00 bits per heavy atom. The summed E-state index contributed by atoms with van der Waals surface area (Å²) in [5, 5.41) is 0. The average molecular weight is 73.1 g/mol. The van der Waals surface area contributed by atoms with E-state index in [1.54, 1.807) is 0 Å². The molecule has 4 heavy (non-hydrogen) atoms. The summed E-state index contributed by atoms with van der Waals surface area (Å²) < 4.78 is 0. The van der Waals surface area contributed by atoms with Gasteiger partial charge in [0.15, 0.2) is 5.91 Å². The molecule has 0 atom stereocenters. The highest BCUT2D eigenvalue weighted by atomic mass is 28.2. The van der Waals surface area contributed by atoms with E-state index in [-0.39, 0.29) is 9.52 Å². The molecule has 0 aliphatic rings. The number of rotatable bonds is 1. The number of hydrogen-bond acceptors (Lipinski definition) is 1. The van der Waals surface area contributed by atoms with E-state index in [1.807, 2.05) is 12.5 Å². The van der Waals surface area contributed by atoms with Gasteiger partial charge in [-0.25, -0.2) is 0 Å². The molecule has 0 saturated carbocycles. The van der Waals surface area contributed by atoms with E-state index < -0.39 is 0 Å². The Labute approximate surface area is 27.8 Å². The summed E-state index contributed by atoms with van der Waals surface area (Å²) in [7, 11) is -0.381. The Hall–Kier alpha value is -0.113. The minimum Gasteiger partial charge on any atom is -0.298 e. The molecule has 0 aliphatic carbocycles. The second kappa shape index (κ2) is 2.89. The fourth-order valence-electron chi connectivity index (χ4n) is 0. The van der Waals surface area contributed by atoms with Crippen LogP contribution in [0, 0.1) is 0 Å². The van der Waals surface area contributed by atoms with Crippen LogP contribution in [0.5, 0.6) is 0 Å². The lowest BCUT2D eigenvalue weighted by molar-refractivity contribution is 0.568. The number of hydrogen-bond donors (Lipinski definition) is 0. The lowest BCUT2D eigenvalue weighted by Gasteiger charge is -1.46. The van der Waals surface area contributed by atoms with Gasteiger partial charge in [0.2, 0.25) is 0 Å². The molecule has 1 nitrogen and oxygen atoms in total. The first-order valence-corrected chi connectivity index (χ1v) is 3.39. The van der Waals surface area contributed by atoms with Crippen LogP contribution in [0.3, 0.4) is 0 Å². The molecule has 0 unspecified atom stereocenters. The second-order valence-electron chi connectivity index (χ2n) is 0.498. The monoisotopic (exact) mass is 73.0 g/mol. The van der Waals surface area contributed by atoms with Gasteiger partial charge in [0.1, 0.15) is 9.52 Å². The predicted octanol–water partition coefficient (Wildman–Crippen LogP) is -0.730. The van der Waals surface area contributed by atoms with E-state index in [2.05, 4.69) is 0 Å². The SMILES string of the molecule is C[SiH2][C]=O. The minimum atomic E-state index is -0.381. The fraction of sp³-hybridized carbons (Fsp3) is 0.500. The summed E-state index contributed by atoms with van der Waals surface area (Å²) in [6.45, 7) is 1.90. The van der Waals surface area contributed by atoms with Crippen LogP contribution < -0.4 is 0 Å². The van der Waals surface area contributed by atoms with Crippen molar-refractivity contribution in [1.82, 2.24) is 0 Å². The summed E-state index contributed by atoms with van der Waals surface area (Å²) in [5.74, 6) is 1.82. The normalized spacial score (nSPS) is 9.25. The third-order valence-electron chi connectivity index (χ3n) is 0.144. The van der Waals surface area contributed by atoms with Gasteiger partial charge in [0.25, 0.3) is 0 Å². The predicted molar refractivity (Wildman–Crippen MR) is 20.1 cm³/mol. The van der Waals surface area contributed by atoms with Crippen molar-refractivity contribution in [2.75, 3.05) is 0 Å². The van der Waals surface area contributed by atoms with E-state index in [4.69, 9.17) is 4.79 Å². The lowest BCUT2D eigenvalue weighted by atomic mass is 11.8. The van der Waals surface area contributed by atoms with Crippen LogP contribution in [-0.4, -0.2) is 15.4 Å². The standard InChI is InChI=1S/C2H5OSi/c1-4-2-3/h4H2,1H3. The minimum absolute atomic E-state index is 0.381. The van der Waals surface area contributed by atoms with Crippen molar-refractivity contribution < 1.29 is 4.79 Å². The maximum absolute atomic E-state index is 9.11. The molecule has 0 aromatic rings. The van der Waals surface area contributed by atoms with Gasteiger partial charge < -0.3 is 0 Å². The van der Waals surface area contributed by atoms with E-state index in [9.17, 15) is 0 Å². The van der Waals surface area contributed by atoms with Gasteiger partial charge in [0, 0.05) is 0 Å². The molecular formula is C2H5OSi. The average Bonchev–Trinajstić information content (AvgIpc) is 1.37. The van der Waals surface area contributed by atoms with Gasteiger partial charge in [0.05, 0.1) is 0 Å². The van der Waals surface area contributed by atoms with Crippen molar-refractivity contribution in [2.45, 2.75) is 6.55 Å². The third kappa shape index (κ3) is 1.89. The van der Waals surface area contributed by atoms with Crippen molar-refractivity contribution in [1.29, 1.82) is 0 Å². The van der Waals surface area contributed by atoms with Gasteiger partial charge in [-0.3, -0.25) is 4.79 Å². The van der Waals surface area contributed by atoms with Crippen molar-refractivity contribution in [3.8, 4) is 0 Å². The van der Waals surface area contributed by atoms with E-state index >= 15 is 0 Å². The van der Waals surface area contributed by atoms with Crippen LogP contribution in [-0.2, 0) is 4.79 Å². The topological polar surface area (TPSA) is 17.1 Å². The summed E-state index contributed by atoms with van der Waals surface area (Å²) >= 11 is 0. The van der Waals surface area contributed by atoms with Crippen molar-refractivity contribution in [3.63, 3.8) is 0 Å². The molecule has 23 valence electrons. The first-order chi connectivity index (χ1) is 1.91. The maximum atomic E-state index is 9.11. The highest BCUT2D eigenvalue weighted by molar-refractivity contribution is 6.65. The van der Waals surface area contributed by atoms with Crippen LogP contribution in [0.25, 0.3) is 0 Å². The van der Waals surface area contributed by atoms with Crippen LogP contribution in [0.15, 0.2) is 0 Å². The molecule has 0 fully saturated rings. The first-order valence-electron chi connectivity index (χ1n) is 1.26. The quantitative estimate of drug-likeness (QED) is 0.374. The molecule has 0 spiro atoms. The maximum Gasteiger partial charge on any atom is 0.161 e. The molecule has 0 aliphatic heterocycles. The van der Waals surface area contributed by atoms with Crippen LogP contribution in [0.2, 0.25) is 6.55 Å². The summed E-state index contributed by atoms with van der Waals surface area (Å²) in [6.07, 6.45) is 0. The zero-order valence-corrected chi connectivity index (χ0v) is 4.03. The molecule has 2 heteroatoms. The van der Waals surface area contributed by atoms with Gasteiger partial charge in [-0.15, -0.1) is 0 Å². The molecule has 0 aromatic heterocycles. The molecule has 0 saturated heterocycles. The Balaban J connectivity index is 2.30. The molecule has 0 aromatic carbocycles.